The molecule has 1 aromatic rings. The molecule has 6 heteroatoms. The Morgan fingerprint density at radius 1 is 1.38 bits per heavy atom. The number of nitrogens with one attached hydrogen (secondary N) is 1. The molecule has 0 radical (unpaired) electrons. The van der Waals surface area contributed by atoms with E-state index >= 15 is 0 Å². The first kappa shape index (κ1) is 16.9. The molecule has 4 nitrogen and oxygen atoms in total. The Morgan fingerprint density at radius 2 is 2.19 bits per heavy atom. The van der Waals surface area contributed by atoms with Crippen LogP contribution in [0.1, 0.15) is 50.8 Å². The van der Waals surface area contributed by atoms with E-state index in [2.05, 4.69) is 19.2 Å². The first-order valence-electron chi connectivity index (χ1n) is 7.90. The van der Waals surface area contributed by atoms with E-state index in [1.807, 2.05) is 5.38 Å². The van der Waals surface area contributed by atoms with Gasteiger partial charge < -0.3 is 5.32 Å². The highest BCUT2D eigenvalue weighted by Gasteiger charge is 2.34. The van der Waals surface area contributed by atoms with Gasteiger partial charge in [-0.15, -0.1) is 11.3 Å². The fraction of sp³-hybridized carbons (Fsp3) is 0.733. The van der Waals surface area contributed by atoms with Crippen molar-refractivity contribution in [1.82, 2.24) is 9.62 Å². The highest BCUT2D eigenvalue weighted by atomic mass is 32.2. The fourth-order valence-electron chi connectivity index (χ4n) is 2.89. The Hall–Kier alpha value is -0.430. The summed E-state index contributed by atoms with van der Waals surface area (Å²) >= 11 is 1.53. The van der Waals surface area contributed by atoms with Gasteiger partial charge in [0.25, 0.3) is 0 Å². The second-order valence-corrected chi connectivity index (χ2v) is 8.42. The van der Waals surface area contributed by atoms with Gasteiger partial charge in [0.05, 0.1) is 4.90 Å². The number of thiophene rings is 1. The molecular weight excluding hydrogens is 304 g/mol. The lowest BCUT2D eigenvalue weighted by Gasteiger charge is -2.34. The zero-order valence-corrected chi connectivity index (χ0v) is 14.6. The van der Waals surface area contributed by atoms with Crippen LogP contribution in [0.25, 0.3) is 0 Å². The third-order valence-electron chi connectivity index (χ3n) is 4.05. The van der Waals surface area contributed by atoms with E-state index in [9.17, 15) is 8.42 Å². The van der Waals surface area contributed by atoms with Gasteiger partial charge in [0, 0.05) is 24.0 Å². The van der Waals surface area contributed by atoms with Gasteiger partial charge in [0.1, 0.15) is 0 Å². The number of piperidine rings is 1. The maximum Gasteiger partial charge on any atom is 0.244 e. The van der Waals surface area contributed by atoms with Gasteiger partial charge in [-0.1, -0.05) is 20.3 Å². The number of sulfonamides is 1. The summed E-state index contributed by atoms with van der Waals surface area (Å²) in [6.07, 6.45) is 5.05. The van der Waals surface area contributed by atoms with Gasteiger partial charge in [-0.3, -0.25) is 0 Å². The van der Waals surface area contributed by atoms with Crippen molar-refractivity contribution in [2.75, 3.05) is 13.1 Å². The summed E-state index contributed by atoms with van der Waals surface area (Å²) in [6.45, 7) is 6.41. The van der Waals surface area contributed by atoms with Crippen LogP contribution in [0.3, 0.4) is 0 Å². The van der Waals surface area contributed by atoms with Crippen molar-refractivity contribution in [2.24, 2.45) is 0 Å². The van der Waals surface area contributed by atoms with Crippen LogP contribution in [0.4, 0.5) is 0 Å². The lowest BCUT2D eigenvalue weighted by atomic mass is 10.0. The largest absolute Gasteiger partial charge is 0.312 e. The van der Waals surface area contributed by atoms with Gasteiger partial charge in [-0.2, -0.15) is 4.31 Å². The van der Waals surface area contributed by atoms with Crippen molar-refractivity contribution in [3.8, 4) is 0 Å². The average molecular weight is 331 g/mol. The van der Waals surface area contributed by atoms with Crippen LogP contribution < -0.4 is 5.32 Å². The minimum atomic E-state index is -3.34. The van der Waals surface area contributed by atoms with Crippen LogP contribution in [-0.4, -0.2) is 31.9 Å². The molecule has 0 spiro atoms. The molecular formula is C15H26N2O2S2. The molecule has 1 N–H and O–H groups in total. The minimum absolute atomic E-state index is 0.167. The summed E-state index contributed by atoms with van der Waals surface area (Å²) < 4.78 is 27.7. The second kappa shape index (κ2) is 7.72. The average Bonchev–Trinajstić information content (AvgIpc) is 2.97. The molecule has 0 amide bonds. The summed E-state index contributed by atoms with van der Waals surface area (Å²) in [5.41, 5.74) is 0. The molecule has 120 valence electrons. The first-order chi connectivity index (χ1) is 10.1. The number of nitrogens with zero attached hydrogens (tertiary/aromatic N) is 1. The molecule has 0 saturated carbocycles. The van der Waals surface area contributed by atoms with Crippen LogP contribution in [0.5, 0.6) is 0 Å². The molecule has 2 heterocycles. The predicted molar refractivity (Wildman–Crippen MR) is 88.1 cm³/mol. The monoisotopic (exact) mass is 330 g/mol. The highest BCUT2D eigenvalue weighted by Crippen LogP contribution is 2.30. The second-order valence-electron chi connectivity index (χ2n) is 5.56. The van der Waals surface area contributed by atoms with Crippen molar-refractivity contribution in [1.29, 1.82) is 0 Å². The summed E-state index contributed by atoms with van der Waals surface area (Å²) in [5, 5.41) is 5.20. The van der Waals surface area contributed by atoms with Gasteiger partial charge in [-0.25, -0.2) is 8.42 Å². The molecule has 1 unspecified atom stereocenters. The Bertz CT molecular complexity index is 540. The molecule has 1 aromatic heterocycles. The third-order valence-corrected chi connectivity index (χ3v) is 7.13. The molecule has 1 saturated heterocycles. The molecule has 0 bridgehead atoms. The van der Waals surface area contributed by atoms with Crippen LogP contribution in [0.2, 0.25) is 0 Å². The smallest absolute Gasteiger partial charge is 0.244 e. The third kappa shape index (κ3) is 3.86. The number of hydrogen-bond donors (Lipinski definition) is 1. The molecule has 21 heavy (non-hydrogen) atoms. The van der Waals surface area contributed by atoms with Crippen LogP contribution in [-0.2, 0) is 16.6 Å². The molecule has 1 atom stereocenters. The summed E-state index contributed by atoms with van der Waals surface area (Å²) in [7, 11) is -3.34. The van der Waals surface area contributed by atoms with Crippen molar-refractivity contribution in [3.63, 3.8) is 0 Å². The summed E-state index contributed by atoms with van der Waals surface area (Å²) in [4.78, 5) is 1.44. The van der Waals surface area contributed by atoms with Gasteiger partial charge >= 0.3 is 0 Å². The Kier molecular flexibility index (Phi) is 6.22. The van der Waals surface area contributed by atoms with Crippen LogP contribution in [0, 0.1) is 0 Å². The predicted octanol–water partition coefficient (Wildman–Crippen LogP) is 3.20. The topological polar surface area (TPSA) is 49.4 Å². The Labute approximate surface area is 132 Å². The van der Waals surface area contributed by atoms with E-state index in [-0.39, 0.29) is 6.04 Å². The maximum absolute atomic E-state index is 13.0. The van der Waals surface area contributed by atoms with Gasteiger partial charge in [0.2, 0.25) is 10.0 Å². The standard InChI is InChI=1S/C15H26N2O2S2/c1-3-9-16-12-14-15(8-11-20-14)21(18,19)17-10-6-5-7-13(17)4-2/h8,11,13,16H,3-7,9-10,12H2,1-2H3. The SMILES string of the molecule is CCCNCc1sccc1S(=O)(=O)N1CCCCC1CC. The normalized spacial score (nSPS) is 20.8. The van der Waals surface area contributed by atoms with Crippen molar-refractivity contribution in [2.45, 2.75) is 63.4 Å². The lowest BCUT2D eigenvalue weighted by molar-refractivity contribution is 0.246. The summed E-state index contributed by atoms with van der Waals surface area (Å²) in [5.74, 6) is 0. The molecule has 1 aliphatic heterocycles. The van der Waals surface area contributed by atoms with Crippen LogP contribution in [0.15, 0.2) is 16.3 Å². The highest BCUT2D eigenvalue weighted by molar-refractivity contribution is 7.89. The molecule has 2 rings (SSSR count). The van der Waals surface area contributed by atoms with Gasteiger partial charge in [0.15, 0.2) is 0 Å². The zero-order valence-electron chi connectivity index (χ0n) is 13.0. The lowest BCUT2D eigenvalue weighted by Crippen LogP contribution is -2.43. The quantitative estimate of drug-likeness (QED) is 0.781. The van der Waals surface area contributed by atoms with E-state index < -0.39 is 10.0 Å². The fourth-order valence-corrected chi connectivity index (χ4v) is 6.04. The van der Waals surface area contributed by atoms with E-state index in [0.29, 0.717) is 18.0 Å². The first-order valence-corrected chi connectivity index (χ1v) is 10.2. The zero-order chi connectivity index (χ0) is 15.3. The van der Waals surface area contributed by atoms with E-state index in [1.54, 1.807) is 10.4 Å². The summed E-state index contributed by atoms with van der Waals surface area (Å²) in [6, 6.07) is 1.93. The minimum Gasteiger partial charge on any atom is -0.312 e. The van der Waals surface area contributed by atoms with Crippen molar-refractivity contribution >= 4 is 21.4 Å². The van der Waals surface area contributed by atoms with Crippen molar-refractivity contribution in [3.05, 3.63) is 16.3 Å². The van der Waals surface area contributed by atoms with E-state index in [0.717, 1.165) is 43.5 Å². The van der Waals surface area contributed by atoms with E-state index in [1.165, 1.54) is 11.3 Å². The van der Waals surface area contributed by atoms with E-state index in [4.69, 9.17) is 0 Å². The van der Waals surface area contributed by atoms with Gasteiger partial charge in [-0.05, 0) is 43.7 Å². The van der Waals surface area contributed by atoms with Crippen LogP contribution >= 0.6 is 11.3 Å². The van der Waals surface area contributed by atoms with Crippen molar-refractivity contribution < 1.29 is 8.42 Å². The number of rotatable bonds is 7. The molecule has 0 aliphatic carbocycles. The maximum atomic E-state index is 13.0. The number of hydrogen-bond acceptors (Lipinski definition) is 4. The molecule has 1 fully saturated rings. The molecule has 1 aliphatic rings. The Morgan fingerprint density at radius 3 is 2.90 bits per heavy atom. The Balaban J connectivity index is 2.20. The molecule has 0 aromatic carbocycles.